The molecule has 1 aromatic heterocycles. The molecule has 1 saturated heterocycles. The highest BCUT2D eigenvalue weighted by Crippen LogP contribution is 2.22. The number of hydrogen-bond acceptors (Lipinski definition) is 5. The van der Waals surface area contributed by atoms with Crippen LogP contribution in [0, 0.1) is 13.8 Å². The molecular formula is C12H20N4O. The van der Waals surface area contributed by atoms with Crippen LogP contribution < -0.4 is 5.32 Å². The Labute approximate surface area is 102 Å². The molecule has 1 aliphatic rings. The van der Waals surface area contributed by atoms with Gasteiger partial charge >= 0.3 is 0 Å². The Bertz CT molecular complexity index is 408. The number of nitrogens with one attached hydrogen (secondary N) is 1. The van der Waals surface area contributed by atoms with Crippen LogP contribution in [0.1, 0.15) is 23.2 Å². The molecule has 1 atom stereocenters. The third kappa shape index (κ3) is 2.56. The van der Waals surface area contributed by atoms with Crippen molar-refractivity contribution < 1.29 is 4.74 Å². The molecule has 1 aliphatic heterocycles. The minimum atomic E-state index is -0.0138. The van der Waals surface area contributed by atoms with E-state index in [2.05, 4.69) is 27.2 Å². The maximum atomic E-state index is 5.73. The number of aryl methyl sites for hydroxylation is 1. The van der Waals surface area contributed by atoms with Crippen molar-refractivity contribution in [1.29, 1.82) is 0 Å². The summed E-state index contributed by atoms with van der Waals surface area (Å²) in [5.41, 5.74) is 2.11. The van der Waals surface area contributed by atoms with Gasteiger partial charge in [0.05, 0.1) is 6.61 Å². The van der Waals surface area contributed by atoms with Gasteiger partial charge in [0, 0.05) is 31.4 Å². The fourth-order valence-electron chi connectivity index (χ4n) is 1.97. The number of ether oxygens (including phenoxy) is 1. The van der Waals surface area contributed by atoms with Gasteiger partial charge < -0.3 is 15.0 Å². The first-order valence-corrected chi connectivity index (χ1v) is 5.95. The lowest BCUT2D eigenvalue weighted by Gasteiger charge is -2.29. The zero-order valence-electron chi connectivity index (χ0n) is 10.9. The van der Waals surface area contributed by atoms with E-state index >= 15 is 0 Å². The van der Waals surface area contributed by atoms with Crippen LogP contribution in [0.2, 0.25) is 0 Å². The first kappa shape index (κ1) is 12.3. The summed E-state index contributed by atoms with van der Waals surface area (Å²) in [6.45, 7) is 6.60. The van der Waals surface area contributed by atoms with Gasteiger partial charge in [-0.15, -0.1) is 0 Å². The van der Waals surface area contributed by atoms with Crippen LogP contribution in [0.3, 0.4) is 0 Å². The van der Waals surface area contributed by atoms with Gasteiger partial charge in [-0.3, -0.25) is 0 Å². The summed E-state index contributed by atoms with van der Waals surface area (Å²) < 4.78 is 5.73. The molecule has 0 saturated carbocycles. The average Bonchev–Trinajstić information content (AvgIpc) is 2.32. The Balaban J connectivity index is 2.29. The summed E-state index contributed by atoms with van der Waals surface area (Å²) in [5, 5.41) is 3.11. The van der Waals surface area contributed by atoms with Crippen molar-refractivity contribution >= 4 is 5.82 Å². The van der Waals surface area contributed by atoms with Crippen LogP contribution in [0.5, 0.6) is 0 Å². The van der Waals surface area contributed by atoms with E-state index < -0.39 is 0 Å². The second kappa shape index (κ2) is 4.98. The van der Waals surface area contributed by atoms with Gasteiger partial charge in [0.15, 0.2) is 5.82 Å². The third-order valence-electron chi connectivity index (χ3n) is 3.20. The largest absolute Gasteiger partial charge is 0.373 e. The summed E-state index contributed by atoms with van der Waals surface area (Å²) in [6, 6.07) is 0. The maximum Gasteiger partial charge on any atom is 0.161 e. The first-order valence-electron chi connectivity index (χ1n) is 5.95. The van der Waals surface area contributed by atoms with Gasteiger partial charge in [0.1, 0.15) is 11.9 Å². The predicted octanol–water partition coefficient (Wildman–Crippen LogP) is 1.14. The number of hydrogen-bond donors (Lipinski definition) is 1. The molecule has 94 valence electrons. The standard InChI is InChI=1S/C12H20N4O/c1-8-9(2)14-12(15-11(8)13-3)10-7-16(4)5-6-17-10/h10H,5-7H2,1-4H3,(H,13,14,15). The van der Waals surface area contributed by atoms with Crippen LogP contribution in [0.15, 0.2) is 0 Å². The smallest absolute Gasteiger partial charge is 0.161 e. The van der Waals surface area contributed by atoms with Crippen LogP contribution in [-0.2, 0) is 4.74 Å². The lowest BCUT2D eigenvalue weighted by molar-refractivity contribution is -0.0255. The van der Waals surface area contributed by atoms with E-state index in [1.165, 1.54) is 0 Å². The molecule has 1 aromatic rings. The van der Waals surface area contributed by atoms with E-state index in [4.69, 9.17) is 4.74 Å². The van der Waals surface area contributed by atoms with Gasteiger partial charge in [0.25, 0.3) is 0 Å². The monoisotopic (exact) mass is 236 g/mol. The molecular weight excluding hydrogens is 216 g/mol. The van der Waals surface area contributed by atoms with Crippen molar-refractivity contribution in [1.82, 2.24) is 14.9 Å². The highest BCUT2D eigenvalue weighted by Gasteiger charge is 2.23. The Morgan fingerprint density at radius 3 is 2.76 bits per heavy atom. The molecule has 5 nitrogen and oxygen atoms in total. The SMILES string of the molecule is CNc1nc(C2CN(C)CCO2)nc(C)c1C. The number of morpholine rings is 1. The predicted molar refractivity (Wildman–Crippen MR) is 67.2 cm³/mol. The summed E-state index contributed by atoms with van der Waals surface area (Å²) >= 11 is 0. The highest BCUT2D eigenvalue weighted by atomic mass is 16.5. The van der Waals surface area contributed by atoms with Gasteiger partial charge in [-0.1, -0.05) is 0 Å². The van der Waals surface area contributed by atoms with E-state index in [9.17, 15) is 0 Å². The van der Waals surface area contributed by atoms with Crippen LogP contribution >= 0.6 is 0 Å². The van der Waals surface area contributed by atoms with Gasteiger partial charge in [-0.05, 0) is 20.9 Å². The van der Waals surface area contributed by atoms with Crippen molar-refractivity contribution in [3.8, 4) is 0 Å². The maximum absolute atomic E-state index is 5.73. The van der Waals surface area contributed by atoms with E-state index in [0.29, 0.717) is 0 Å². The van der Waals surface area contributed by atoms with Crippen molar-refractivity contribution in [2.24, 2.45) is 0 Å². The van der Waals surface area contributed by atoms with E-state index in [1.807, 2.05) is 20.9 Å². The van der Waals surface area contributed by atoms with E-state index in [1.54, 1.807) is 0 Å². The molecule has 2 heterocycles. The van der Waals surface area contributed by atoms with Gasteiger partial charge in [-0.2, -0.15) is 0 Å². The highest BCUT2D eigenvalue weighted by molar-refractivity contribution is 5.45. The lowest BCUT2D eigenvalue weighted by atomic mass is 10.2. The molecule has 1 fully saturated rings. The number of anilines is 1. The molecule has 1 unspecified atom stereocenters. The summed E-state index contributed by atoms with van der Waals surface area (Å²) in [4.78, 5) is 11.3. The Morgan fingerprint density at radius 1 is 1.35 bits per heavy atom. The van der Waals surface area contributed by atoms with Gasteiger partial charge in [-0.25, -0.2) is 9.97 Å². The molecule has 0 spiro atoms. The van der Waals surface area contributed by atoms with Crippen molar-refractivity contribution in [2.75, 3.05) is 39.1 Å². The quantitative estimate of drug-likeness (QED) is 0.834. The van der Waals surface area contributed by atoms with Gasteiger partial charge in [0.2, 0.25) is 0 Å². The van der Waals surface area contributed by atoms with Crippen LogP contribution in [-0.4, -0.2) is 48.7 Å². The molecule has 0 aromatic carbocycles. The van der Waals surface area contributed by atoms with E-state index in [-0.39, 0.29) is 6.10 Å². The Morgan fingerprint density at radius 2 is 2.12 bits per heavy atom. The van der Waals surface area contributed by atoms with Crippen molar-refractivity contribution in [2.45, 2.75) is 20.0 Å². The zero-order valence-corrected chi connectivity index (χ0v) is 10.9. The molecule has 0 radical (unpaired) electrons. The second-order valence-electron chi connectivity index (χ2n) is 4.51. The summed E-state index contributed by atoms with van der Waals surface area (Å²) in [6.07, 6.45) is -0.0138. The average molecular weight is 236 g/mol. The minimum Gasteiger partial charge on any atom is -0.373 e. The second-order valence-corrected chi connectivity index (χ2v) is 4.51. The molecule has 0 bridgehead atoms. The molecule has 0 amide bonds. The molecule has 1 N–H and O–H groups in total. The minimum absolute atomic E-state index is 0.0138. The molecule has 17 heavy (non-hydrogen) atoms. The Hall–Kier alpha value is -1.20. The fraction of sp³-hybridized carbons (Fsp3) is 0.667. The molecule has 2 rings (SSSR count). The molecule has 0 aliphatic carbocycles. The number of rotatable bonds is 2. The topological polar surface area (TPSA) is 50.3 Å². The summed E-state index contributed by atoms with van der Waals surface area (Å²) in [5.74, 6) is 1.67. The fourth-order valence-corrected chi connectivity index (χ4v) is 1.97. The van der Waals surface area contributed by atoms with Crippen molar-refractivity contribution in [3.05, 3.63) is 17.1 Å². The summed E-state index contributed by atoms with van der Waals surface area (Å²) in [7, 11) is 3.97. The first-order chi connectivity index (χ1) is 8.11. The Kier molecular flexibility index (Phi) is 3.59. The third-order valence-corrected chi connectivity index (χ3v) is 3.20. The molecule has 5 heteroatoms. The van der Waals surface area contributed by atoms with Crippen LogP contribution in [0.25, 0.3) is 0 Å². The zero-order chi connectivity index (χ0) is 12.4. The van der Waals surface area contributed by atoms with E-state index in [0.717, 1.165) is 42.6 Å². The lowest BCUT2D eigenvalue weighted by Crippen LogP contribution is -2.36. The van der Waals surface area contributed by atoms with Crippen LogP contribution in [0.4, 0.5) is 5.82 Å². The number of aromatic nitrogens is 2. The number of nitrogens with zero attached hydrogens (tertiary/aromatic N) is 3. The normalized spacial score (nSPS) is 21.5. The van der Waals surface area contributed by atoms with Crippen molar-refractivity contribution in [3.63, 3.8) is 0 Å². The number of likely N-dealkylation sites (N-methyl/N-ethyl adjacent to an activating group) is 1.